The summed E-state index contributed by atoms with van der Waals surface area (Å²) in [5.74, 6) is -3.85. The molecule has 24 nitrogen and oxygen atoms in total. The first kappa shape index (κ1) is 120. The molecule has 2 heterocycles. The molecule has 0 aromatic carbocycles. The molecule has 25 heteroatoms. The maximum atomic E-state index is 15.0. The van der Waals surface area contributed by atoms with Crippen molar-refractivity contribution in [1.82, 2.24) is 15.5 Å². The predicted molar refractivity (Wildman–Crippen MR) is 502 cm³/mol. The number of hydrogen-bond acceptors (Lipinski definition) is 20. The Labute approximate surface area is 761 Å². The number of carbonyl (C=O) groups excluding carboxylic acids is 6. The lowest BCUT2D eigenvalue weighted by atomic mass is 9.95. The number of ether oxygens (including phenoxy) is 7. The van der Waals surface area contributed by atoms with Crippen molar-refractivity contribution in [3.05, 3.63) is 0 Å². The number of phosphoric ester groups is 1. The van der Waals surface area contributed by atoms with E-state index in [2.05, 4.69) is 77.8 Å². The molecule has 2 aliphatic heterocycles. The minimum absolute atomic E-state index is 0.124. The van der Waals surface area contributed by atoms with Crippen molar-refractivity contribution in [2.75, 3.05) is 32.8 Å². The molecule has 0 bridgehead atoms. The molecule has 2 saturated heterocycles. The van der Waals surface area contributed by atoms with Crippen LogP contribution in [0, 0.1) is 0 Å². The molecule has 13 atom stereocenters. The first-order valence-electron chi connectivity index (χ1n) is 52.0. The second-order valence-electron chi connectivity index (χ2n) is 36.4. The molecular formula is C100H192N3O21P. The number of aliphatic hydroxyl groups excluding tert-OH is 4. The third kappa shape index (κ3) is 65.8. The summed E-state index contributed by atoms with van der Waals surface area (Å²) in [6.45, 7) is 21.5. The van der Waals surface area contributed by atoms with E-state index in [4.69, 9.17) is 37.7 Å². The summed E-state index contributed by atoms with van der Waals surface area (Å²) in [6.07, 6.45) is 44.1. The first-order chi connectivity index (χ1) is 60.6. The summed E-state index contributed by atoms with van der Waals surface area (Å²) in [7, 11) is -5.58. The summed E-state index contributed by atoms with van der Waals surface area (Å²) in [5, 5.41) is 51.8. The fourth-order valence-electron chi connectivity index (χ4n) is 17.0. The van der Waals surface area contributed by atoms with Crippen molar-refractivity contribution in [3.8, 4) is 0 Å². The van der Waals surface area contributed by atoms with Gasteiger partial charge >= 0.3 is 31.7 Å². The van der Waals surface area contributed by atoms with Crippen LogP contribution in [0.25, 0.3) is 0 Å². The van der Waals surface area contributed by atoms with Crippen molar-refractivity contribution in [3.63, 3.8) is 0 Å². The monoisotopic (exact) mass is 1800 g/mol. The number of esters is 4. The van der Waals surface area contributed by atoms with Gasteiger partial charge < -0.3 is 78.9 Å². The highest BCUT2D eigenvalue weighted by Crippen LogP contribution is 2.43. The van der Waals surface area contributed by atoms with Crippen LogP contribution in [0.2, 0.25) is 0 Å². The van der Waals surface area contributed by atoms with Crippen LogP contribution in [0.1, 0.15) is 493 Å². The van der Waals surface area contributed by atoms with Gasteiger partial charge in [0, 0.05) is 19.3 Å². The van der Waals surface area contributed by atoms with Crippen LogP contribution < -0.4 is 10.6 Å². The number of amides is 2. The number of hydrogen-bond donors (Lipinski definition) is 8. The van der Waals surface area contributed by atoms with Crippen LogP contribution in [-0.4, -0.2) is 183 Å². The average Bonchev–Trinajstić information content (AvgIpc) is 0.777. The molecule has 738 valence electrons. The lowest BCUT2D eigenvalue weighted by Gasteiger charge is -2.46. The van der Waals surface area contributed by atoms with Crippen LogP contribution in [0.15, 0.2) is 0 Å². The fraction of sp³-hybridized carbons (Fsp3) is 0.940. The van der Waals surface area contributed by atoms with E-state index in [1.54, 1.807) is 0 Å². The molecule has 0 aromatic rings. The quantitative estimate of drug-likeness (QED) is 0.0121. The third-order valence-electron chi connectivity index (χ3n) is 25.0. The van der Waals surface area contributed by atoms with Crippen LogP contribution in [-0.2, 0) is 71.0 Å². The molecule has 0 aliphatic carbocycles. The van der Waals surface area contributed by atoms with Crippen molar-refractivity contribution < 1.29 is 101 Å². The van der Waals surface area contributed by atoms with E-state index >= 15 is 0 Å². The molecule has 2 rings (SSSR count). The highest BCUT2D eigenvalue weighted by Gasteiger charge is 2.53. The molecule has 2 amide bonds. The molecule has 0 spiro atoms. The summed E-state index contributed by atoms with van der Waals surface area (Å²) < 4.78 is 61.4. The van der Waals surface area contributed by atoms with Gasteiger partial charge in [-0.15, -0.1) is 0 Å². The average molecular weight is 1800 g/mol. The van der Waals surface area contributed by atoms with Gasteiger partial charge in [-0.05, 0) is 77.4 Å². The zero-order valence-electron chi connectivity index (χ0n) is 81.1. The van der Waals surface area contributed by atoms with E-state index in [1.807, 2.05) is 0 Å². The van der Waals surface area contributed by atoms with Crippen molar-refractivity contribution >= 4 is 43.5 Å². The Hall–Kier alpha value is -3.39. The van der Waals surface area contributed by atoms with E-state index in [0.717, 1.165) is 173 Å². The minimum atomic E-state index is -5.58. The number of rotatable bonds is 85. The van der Waals surface area contributed by atoms with Crippen LogP contribution in [0.4, 0.5) is 0 Å². The van der Waals surface area contributed by atoms with Gasteiger partial charge in [-0.3, -0.25) is 33.3 Å². The van der Waals surface area contributed by atoms with Gasteiger partial charge in [-0.1, -0.05) is 396 Å². The molecule has 2 fully saturated rings. The minimum Gasteiger partial charge on any atom is -0.462 e. The Bertz CT molecular complexity index is 2580. The maximum Gasteiger partial charge on any atom is 0.470 e. The topological polar surface area (TPSA) is 342 Å². The van der Waals surface area contributed by atoms with Crippen LogP contribution in [0.5, 0.6) is 0 Å². The summed E-state index contributed by atoms with van der Waals surface area (Å²) in [4.78, 5) is 108. The summed E-state index contributed by atoms with van der Waals surface area (Å²) >= 11 is 0. The molecule has 2 aliphatic rings. The predicted octanol–water partition coefficient (Wildman–Crippen LogP) is 22.9. The van der Waals surface area contributed by atoms with Gasteiger partial charge in [0.25, 0.3) is 0 Å². The number of nitrogens with zero attached hydrogens (tertiary/aromatic N) is 1. The van der Waals surface area contributed by atoms with E-state index in [9.17, 15) is 63.5 Å². The Kier molecular flexibility index (Phi) is 79.0. The lowest BCUT2D eigenvalue weighted by molar-refractivity contribution is -0.297. The van der Waals surface area contributed by atoms with Crippen LogP contribution >= 0.6 is 7.82 Å². The van der Waals surface area contributed by atoms with Crippen molar-refractivity contribution in [2.24, 2.45) is 0 Å². The Morgan fingerprint density at radius 3 is 0.904 bits per heavy atom. The highest BCUT2D eigenvalue weighted by atomic mass is 31.2. The summed E-state index contributed by atoms with van der Waals surface area (Å²) in [5.41, 5.74) is 0. The number of unbranched alkanes of at least 4 members (excludes halogenated alkanes) is 52. The second kappa shape index (κ2) is 82.5. The molecular weight excluding hydrogens is 1610 g/mol. The SMILES string of the molecule is CCCCCCCCCCCCCC(=O)O[C@H](CCCCCCCCCCC)CC(=O)N[C@@H]1[C@@H](O)[C@H](O)[C@@H](CO[C@@H]2O[C@H](CO)[C@@H](OP(=O)(O)O)[C@H](OC(=O)C[C@@H](CCCCCCCCCCC)OC(=O)CCCCCCCCCCCCC)[C@H]2NC(=O)C[C@@H](CCCCCCCCCCC)OC(=O)CCCCCCCCCCC)O[C@@H]1O.CCN(CC)CC. The zero-order chi connectivity index (χ0) is 92.0. The Balaban J connectivity index is 0.0000107. The standard InChI is InChI=1S/C94H177N2O21P.C6H15N/c1-7-13-19-25-31-37-39-45-51-57-63-68-83(100)111-76(65-59-53-47-41-33-27-21-15-9-3)71-81(98)95-87-90(105)89(104)80(114-93(87)106)75-110-94-88(96-82(99)72-77(66-60-54-48-42-34-28-22-16-10-4)112-84(101)69-62-56-50-44-36-30-24-18-12-6)92(91(79(74-97)115-94)117-118(107,108)109)116-86(103)73-78(67-61-55-49-43-35-29-23-17-11-5)113-85(102)70-64-58-52-46-40-38-32-26-20-14-8-2;1-4-7(5-2)6-3/h76-80,87-94,97,104-106H,7-75H2,1-6H3,(H,95,98)(H,96,99)(H2,107,108,109);4-6H2,1-3H3/t76-,77-,78-,79-,80-,87-,88-,89-,90-,91-,92-,93+,94-;/m1./s1. The lowest BCUT2D eigenvalue weighted by Crippen LogP contribution is -2.67. The van der Waals surface area contributed by atoms with E-state index in [-0.39, 0.29) is 32.1 Å². The third-order valence-corrected chi connectivity index (χ3v) is 25.5. The zero-order valence-corrected chi connectivity index (χ0v) is 82.0. The van der Waals surface area contributed by atoms with Gasteiger partial charge in [0.05, 0.1) is 32.5 Å². The van der Waals surface area contributed by atoms with Gasteiger partial charge in [0.15, 0.2) is 18.7 Å². The number of aliphatic hydroxyl groups is 4. The van der Waals surface area contributed by atoms with E-state index in [0.29, 0.717) is 51.4 Å². The Morgan fingerprint density at radius 1 is 0.344 bits per heavy atom. The second-order valence-corrected chi connectivity index (χ2v) is 37.6. The molecule has 0 unspecified atom stereocenters. The first-order valence-corrected chi connectivity index (χ1v) is 53.5. The van der Waals surface area contributed by atoms with Gasteiger partial charge in [-0.25, -0.2) is 4.57 Å². The van der Waals surface area contributed by atoms with E-state index < -0.39 is 149 Å². The molecule has 0 radical (unpaired) electrons. The van der Waals surface area contributed by atoms with Gasteiger partial charge in [0.2, 0.25) is 11.8 Å². The smallest absolute Gasteiger partial charge is 0.462 e. The number of nitrogens with one attached hydrogen (secondary N) is 2. The normalized spacial score (nSPS) is 19.7. The largest absolute Gasteiger partial charge is 0.470 e. The molecule has 125 heavy (non-hydrogen) atoms. The summed E-state index contributed by atoms with van der Waals surface area (Å²) in [6, 6.07) is -3.37. The highest BCUT2D eigenvalue weighted by molar-refractivity contribution is 7.46. The van der Waals surface area contributed by atoms with Crippen molar-refractivity contribution in [2.45, 2.75) is 572 Å². The number of phosphoric acid groups is 1. The maximum absolute atomic E-state index is 15.0. The van der Waals surface area contributed by atoms with E-state index in [1.165, 1.54) is 180 Å². The fourth-order valence-corrected chi connectivity index (χ4v) is 17.6. The molecule has 0 aromatic heterocycles. The molecule has 0 saturated carbocycles. The molecule has 8 N–H and O–H groups in total. The van der Waals surface area contributed by atoms with Gasteiger partial charge in [-0.2, -0.15) is 0 Å². The number of carbonyl (C=O) groups is 6. The van der Waals surface area contributed by atoms with Gasteiger partial charge in [0.1, 0.15) is 60.9 Å². The van der Waals surface area contributed by atoms with Crippen molar-refractivity contribution in [1.29, 1.82) is 0 Å². The van der Waals surface area contributed by atoms with Crippen LogP contribution in [0.3, 0.4) is 0 Å². The Morgan fingerprint density at radius 2 is 0.624 bits per heavy atom.